The molecule has 0 aromatic heterocycles. The quantitative estimate of drug-likeness (QED) is 0.853. The molecule has 0 aliphatic carbocycles. The van der Waals surface area contributed by atoms with Crippen LogP contribution in [0, 0.1) is 5.92 Å². The maximum absolute atomic E-state index is 12.9. The molecular formula is C18H27N3O4S. The molecule has 0 unspecified atom stereocenters. The van der Waals surface area contributed by atoms with Crippen molar-refractivity contribution in [3.8, 4) is 5.75 Å². The molecular weight excluding hydrogens is 354 g/mol. The third-order valence-corrected chi connectivity index (χ3v) is 7.91. The van der Waals surface area contributed by atoms with Crippen LogP contribution in [0.2, 0.25) is 0 Å². The van der Waals surface area contributed by atoms with E-state index in [1.807, 2.05) is 24.3 Å². The van der Waals surface area contributed by atoms with Gasteiger partial charge in [0.05, 0.1) is 12.4 Å². The van der Waals surface area contributed by atoms with Crippen LogP contribution in [0.5, 0.6) is 5.75 Å². The van der Waals surface area contributed by atoms with Crippen molar-refractivity contribution < 1.29 is 17.9 Å². The van der Waals surface area contributed by atoms with E-state index in [0.717, 1.165) is 17.7 Å². The number of sulfonamides is 1. The summed E-state index contributed by atoms with van der Waals surface area (Å²) < 4.78 is 32.7. The minimum Gasteiger partial charge on any atom is -0.497 e. The average molecular weight is 381 g/mol. The molecule has 144 valence electrons. The van der Waals surface area contributed by atoms with Crippen LogP contribution < -0.4 is 10.1 Å². The number of benzene rings is 1. The average Bonchev–Trinajstić information content (AvgIpc) is 2.79. The zero-order chi connectivity index (χ0) is 18.7. The van der Waals surface area contributed by atoms with E-state index in [-0.39, 0.29) is 17.2 Å². The molecule has 1 aromatic rings. The van der Waals surface area contributed by atoms with Crippen molar-refractivity contribution >= 4 is 16.1 Å². The van der Waals surface area contributed by atoms with Crippen molar-refractivity contribution in [1.29, 1.82) is 0 Å². The molecule has 0 saturated carbocycles. The van der Waals surface area contributed by atoms with Crippen molar-refractivity contribution in [2.75, 3.05) is 40.3 Å². The Morgan fingerprint density at radius 1 is 1.23 bits per heavy atom. The Morgan fingerprint density at radius 2 is 1.92 bits per heavy atom. The third-order valence-electron chi connectivity index (χ3n) is 5.47. The number of hydrogen-bond acceptors (Lipinski definition) is 4. The zero-order valence-corrected chi connectivity index (χ0v) is 16.2. The fourth-order valence-electron chi connectivity index (χ4n) is 3.92. The predicted octanol–water partition coefficient (Wildman–Crippen LogP) is 1.30. The molecule has 2 saturated heterocycles. The second-order valence-corrected chi connectivity index (χ2v) is 9.07. The summed E-state index contributed by atoms with van der Waals surface area (Å²) in [6, 6.07) is 7.61. The van der Waals surface area contributed by atoms with Gasteiger partial charge in [0.1, 0.15) is 5.75 Å². The highest BCUT2D eigenvalue weighted by molar-refractivity contribution is 7.90. The molecule has 2 atom stereocenters. The molecule has 8 heteroatoms. The SMILES string of the molecule is CNC(=O)N1CC[C@@H]2CN(CCc3ccc(OC)cc3)S(=O)(=O)[C@@H]2CC1. The van der Waals surface area contributed by atoms with Crippen LogP contribution in [0.15, 0.2) is 24.3 Å². The number of likely N-dealkylation sites (tertiary alicyclic amines) is 1. The summed E-state index contributed by atoms with van der Waals surface area (Å²) in [4.78, 5) is 13.5. The summed E-state index contributed by atoms with van der Waals surface area (Å²) in [6.45, 7) is 2.17. The van der Waals surface area contributed by atoms with Gasteiger partial charge in [-0.1, -0.05) is 12.1 Å². The van der Waals surface area contributed by atoms with Crippen LogP contribution >= 0.6 is 0 Å². The monoisotopic (exact) mass is 381 g/mol. The maximum Gasteiger partial charge on any atom is 0.317 e. The first-order chi connectivity index (χ1) is 12.5. The zero-order valence-electron chi connectivity index (χ0n) is 15.3. The summed E-state index contributed by atoms with van der Waals surface area (Å²) in [7, 11) is -0.0706. The Balaban J connectivity index is 1.62. The molecule has 1 aromatic carbocycles. The predicted molar refractivity (Wildman–Crippen MR) is 99.7 cm³/mol. The van der Waals surface area contributed by atoms with Crippen LogP contribution in [-0.4, -0.2) is 69.2 Å². The van der Waals surface area contributed by atoms with Crippen molar-refractivity contribution in [2.24, 2.45) is 5.92 Å². The molecule has 2 aliphatic heterocycles. The van der Waals surface area contributed by atoms with E-state index in [4.69, 9.17) is 4.74 Å². The van der Waals surface area contributed by atoms with Crippen LogP contribution in [0.4, 0.5) is 4.79 Å². The smallest absolute Gasteiger partial charge is 0.317 e. The third kappa shape index (κ3) is 3.81. The number of carbonyl (C=O) groups excluding carboxylic acids is 1. The molecule has 2 aliphatic rings. The molecule has 2 heterocycles. The van der Waals surface area contributed by atoms with Crippen LogP contribution in [0.3, 0.4) is 0 Å². The van der Waals surface area contributed by atoms with E-state index < -0.39 is 10.0 Å². The molecule has 26 heavy (non-hydrogen) atoms. The molecule has 1 N–H and O–H groups in total. The standard InChI is InChI=1S/C18H27N3O4S/c1-19-18(22)20-10-8-15-13-21(26(23,24)17(15)9-11-20)12-7-14-3-5-16(25-2)6-4-14/h3-6,15,17H,7-13H2,1-2H3,(H,19,22)/t15-,17-/m1/s1. The van der Waals surface area contributed by atoms with Gasteiger partial charge in [0.2, 0.25) is 10.0 Å². The number of nitrogens with one attached hydrogen (secondary N) is 1. The lowest BCUT2D eigenvalue weighted by Gasteiger charge is -2.21. The number of carbonyl (C=O) groups is 1. The van der Waals surface area contributed by atoms with Crippen LogP contribution in [0.25, 0.3) is 0 Å². The topological polar surface area (TPSA) is 79.0 Å². The Hall–Kier alpha value is -1.80. The summed E-state index contributed by atoms with van der Waals surface area (Å²) in [6.07, 6.45) is 1.93. The van der Waals surface area contributed by atoms with E-state index in [1.165, 1.54) is 0 Å². The molecule has 2 amide bonds. The first kappa shape index (κ1) is 19.0. The number of ether oxygens (including phenoxy) is 1. The molecule has 2 fully saturated rings. The van der Waals surface area contributed by atoms with Gasteiger partial charge in [-0.2, -0.15) is 0 Å². The lowest BCUT2D eigenvalue weighted by molar-refractivity contribution is 0.201. The summed E-state index contributed by atoms with van der Waals surface area (Å²) >= 11 is 0. The number of nitrogens with zero attached hydrogens (tertiary/aromatic N) is 2. The highest BCUT2D eigenvalue weighted by Gasteiger charge is 2.46. The first-order valence-electron chi connectivity index (χ1n) is 9.04. The van der Waals surface area contributed by atoms with Gasteiger partial charge >= 0.3 is 6.03 Å². The Bertz CT molecular complexity index is 735. The molecule has 3 rings (SSSR count). The number of urea groups is 1. The number of hydrogen-bond donors (Lipinski definition) is 1. The Labute approximate surface area is 155 Å². The minimum absolute atomic E-state index is 0.102. The molecule has 0 spiro atoms. The number of fused-ring (bicyclic) bond motifs is 1. The Morgan fingerprint density at radius 3 is 2.58 bits per heavy atom. The van der Waals surface area contributed by atoms with Gasteiger partial charge in [-0.05, 0) is 42.9 Å². The molecule has 0 radical (unpaired) electrons. The first-order valence-corrected chi connectivity index (χ1v) is 10.5. The maximum atomic E-state index is 12.9. The molecule has 7 nitrogen and oxygen atoms in total. The number of rotatable bonds is 4. The van der Waals surface area contributed by atoms with Gasteiger partial charge in [-0.3, -0.25) is 0 Å². The summed E-state index contributed by atoms with van der Waals surface area (Å²) in [5.74, 6) is 0.899. The van der Waals surface area contributed by atoms with E-state index in [9.17, 15) is 13.2 Å². The van der Waals surface area contributed by atoms with E-state index in [2.05, 4.69) is 5.32 Å². The summed E-state index contributed by atoms with van der Waals surface area (Å²) in [5, 5.41) is 2.25. The largest absolute Gasteiger partial charge is 0.497 e. The number of methoxy groups -OCH3 is 1. The lowest BCUT2D eigenvalue weighted by atomic mass is 10.0. The van der Waals surface area contributed by atoms with Crippen LogP contribution in [-0.2, 0) is 16.4 Å². The fraction of sp³-hybridized carbons (Fsp3) is 0.611. The van der Waals surface area contributed by atoms with Crippen molar-refractivity contribution in [2.45, 2.75) is 24.5 Å². The van der Waals surface area contributed by atoms with Gasteiger partial charge in [-0.15, -0.1) is 0 Å². The normalized spacial score (nSPS) is 25.4. The minimum atomic E-state index is -3.30. The summed E-state index contributed by atoms with van der Waals surface area (Å²) in [5.41, 5.74) is 1.10. The van der Waals surface area contributed by atoms with Gasteiger partial charge in [0.25, 0.3) is 0 Å². The highest BCUT2D eigenvalue weighted by Crippen LogP contribution is 2.34. The second kappa shape index (κ2) is 7.84. The lowest BCUT2D eigenvalue weighted by Crippen LogP contribution is -2.39. The second-order valence-electron chi connectivity index (χ2n) is 6.92. The van der Waals surface area contributed by atoms with Crippen molar-refractivity contribution in [3.05, 3.63) is 29.8 Å². The van der Waals surface area contributed by atoms with Gasteiger partial charge in [-0.25, -0.2) is 17.5 Å². The number of amides is 2. The van der Waals surface area contributed by atoms with Crippen molar-refractivity contribution in [1.82, 2.24) is 14.5 Å². The Kier molecular flexibility index (Phi) is 5.72. The van der Waals surface area contributed by atoms with E-state index >= 15 is 0 Å². The fourth-order valence-corrected chi connectivity index (χ4v) is 6.16. The van der Waals surface area contributed by atoms with Gasteiger partial charge < -0.3 is 15.0 Å². The highest BCUT2D eigenvalue weighted by atomic mass is 32.2. The van der Waals surface area contributed by atoms with Gasteiger partial charge in [0.15, 0.2) is 0 Å². The van der Waals surface area contributed by atoms with Crippen LogP contribution in [0.1, 0.15) is 18.4 Å². The molecule has 0 bridgehead atoms. The van der Waals surface area contributed by atoms with Crippen molar-refractivity contribution in [3.63, 3.8) is 0 Å². The van der Waals surface area contributed by atoms with E-state index in [0.29, 0.717) is 39.0 Å². The van der Waals surface area contributed by atoms with E-state index in [1.54, 1.807) is 23.4 Å². The van der Waals surface area contributed by atoms with Gasteiger partial charge in [0, 0.05) is 33.2 Å².